The molecule has 0 aliphatic heterocycles. The SMILES string of the molecule is CC1=C(/C=C/C(C)[P+](c2ccccc2)(c2ccccc2)c2ccccc2)C(C)(C)CCC1. The highest BCUT2D eigenvalue weighted by atomic mass is 31.2. The fraction of sp³-hybridized carbons (Fsp3) is 0.290. The summed E-state index contributed by atoms with van der Waals surface area (Å²) >= 11 is 0. The van der Waals surface area contributed by atoms with E-state index in [0.29, 0.717) is 5.66 Å². The molecule has 0 N–H and O–H groups in total. The van der Waals surface area contributed by atoms with Gasteiger partial charge in [0.05, 0.1) is 5.66 Å². The summed E-state index contributed by atoms with van der Waals surface area (Å²) in [6.45, 7) is 9.59. The minimum atomic E-state index is -1.88. The lowest BCUT2D eigenvalue weighted by Gasteiger charge is -2.34. The van der Waals surface area contributed by atoms with Crippen LogP contribution in [0, 0.1) is 5.41 Å². The highest BCUT2D eigenvalue weighted by Gasteiger charge is 2.49. The second-order valence-electron chi connectivity index (χ2n) is 9.76. The molecule has 1 unspecified atom stereocenters. The van der Waals surface area contributed by atoms with Crippen LogP contribution in [0.1, 0.15) is 47.0 Å². The van der Waals surface area contributed by atoms with E-state index in [2.05, 4.69) is 131 Å². The topological polar surface area (TPSA) is 0 Å². The Morgan fingerprint density at radius 3 is 1.59 bits per heavy atom. The lowest BCUT2D eigenvalue weighted by Crippen LogP contribution is -2.37. The molecule has 0 spiro atoms. The van der Waals surface area contributed by atoms with Gasteiger partial charge in [0.2, 0.25) is 0 Å². The molecular weight excluding hydrogens is 403 g/mol. The largest absolute Gasteiger partial charge is 0.118 e. The second kappa shape index (κ2) is 9.60. The number of hydrogen-bond acceptors (Lipinski definition) is 0. The summed E-state index contributed by atoms with van der Waals surface area (Å²) in [6.07, 6.45) is 8.80. The van der Waals surface area contributed by atoms with E-state index in [0.717, 1.165) is 0 Å². The monoisotopic (exact) mass is 439 g/mol. The van der Waals surface area contributed by atoms with Crippen molar-refractivity contribution < 1.29 is 0 Å². The van der Waals surface area contributed by atoms with Crippen LogP contribution in [0.3, 0.4) is 0 Å². The average molecular weight is 440 g/mol. The Morgan fingerprint density at radius 2 is 1.19 bits per heavy atom. The summed E-state index contributed by atoms with van der Waals surface area (Å²) in [5.41, 5.74) is 3.75. The fourth-order valence-electron chi connectivity index (χ4n) is 5.52. The smallest absolute Gasteiger partial charge is 0.0696 e. The van der Waals surface area contributed by atoms with Crippen LogP contribution in [0.15, 0.2) is 114 Å². The van der Waals surface area contributed by atoms with Crippen molar-refractivity contribution >= 4 is 23.2 Å². The van der Waals surface area contributed by atoms with Gasteiger partial charge in [-0.3, -0.25) is 0 Å². The maximum absolute atomic E-state index is 2.52. The van der Waals surface area contributed by atoms with Crippen LogP contribution in [0.5, 0.6) is 0 Å². The summed E-state index contributed by atoms with van der Waals surface area (Å²) in [6, 6.07) is 33.6. The van der Waals surface area contributed by atoms with Crippen molar-refractivity contribution in [1.29, 1.82) is 0 Å². The van der Waals surface area contributed by atoms with Crippen molar-refractivity contribution in [3.8, 4) is 0 Å². The molecule has 3 aromatic carbocycles. The zero-order valence-electron chi connectivity index (χ0n) is 20.0. The maximum Gasteiger partial charge on any atom is 0.118 e. The molecule has 0 radical (unpaired) electrons. The number of hydrogen-bond donors (Lipinski definition) is 0. The van der Waals surface area contributed by atoms with Gasteiger partial charge in [-0.15, -0.1) is 0 Å². The Balaban J connectivity index is 1.92. The quantitative estimate of drug-likeness (QED) is 0.350. The van der Waals surface area contributed by atoms with Crippen molar-refractivity contribution in [2.24, 2.45) is 5.41 Å². The van der Waals surface area contributed by atoms with Crippen LogP contribution in [0.25, 0.3) is 0 Å². The van der Waals surface area contributed by atoms with Crippen molar-refractivity contribution in [2.75, 3.05) is 0 Å². The van der Waals surface area contributed by atoms with E-state index in [1.54, 1.807) is 11.1 Å². The molecule has 32 heavy (non-hydrogen) atoms. The molecule has 1 aliphatic rings. The molecule has 0 saturated heterocycles. The maximum atomic E-state index is 2.52. The number of rotatable bonds is 6. The summed E-state index contributed by atoms with van der Waals surface area (Å²) in [5.74, 6) is 0. The van der Waals surface area contributed by atoms with E-state index in [1.807, 2.05) is 0 Å². The van der Waals surface area contributed by atoms with Gasteiger partial charge in [-0.25, -0.2) is 0 Å². The Hall–Kier alpha value is -2.43. The normalized spacial score (nSPS) is 17.5. The summed E-state index contributed by atoms with van der Waals surface area (Å²) < 4.78 is 0. The van der Waals surface area contributed by atoms with E-state index in [9.17, 15) is 0 Å². The third-order valence-electron chi connectivity index (χ3n) is 7.19. The fourth-order valence-corrected chi connectivity index (χ4v) is 10.1. The molecule has 0 nitrogen and oxygen atoms in total. The first-order chi connectivity index (χ1) is 15.5. The van der Waals surface area contributed by atoms with Crippen LogP contribution >= 0.6 is 7.26 Å². The molecule has 0 saturated carbocycles. The van der Waals surface area contributed by atoms with Gasteiger partial charge in [-0.1, -0.05) is 80.1 Å². The minimum Gasteiger partial charge on any atom is -0.0696 e. The van der Waals surface area contributed by atoms with Crippen LogP contribution in [-0.2, 0) is 0 Å². The molecule has 0 amide bonds. The van der Waals surface area contributed by atoms with E-state index in [1.165, 1.54) is 35.2 Å². The van der Waals surface area contributed by atoms with Crippen LogP contribution in [-0.4, -0.2) is 5.66 Å². The average Bonchev–Trinajstić information content (AvgIpc) is 2.81. The lowest BCUT2D eigenvalue weighted by molar-refractivity contribution is 0.376. The first kappa shape index (κ1) is 22.8. The molecule has 0 heterocycles. The second-order valence-corrected chi connectivity index (χ2v) is 13.6. The summed E-state index contributed by atoms with van der Waals surface area (Å²) in [4.78, 5) is 0. The third-order valence-corrected chi connectivity index (χ3v) is 11.9. The van der Waals surface area contributed by atoms with Crippen LogP contribution in [0.4, 0.5) is 0 Å². The van der Waals surface area contributed by atoms with Gasteiger partial charge in [0.1, 0.15) is 23.2 Å². The first-order valence-corrected chi connectivity index (χ1v) is 13.8. The Morgan fingerprint density at radius 1 is 0.750 bits per heavy atom. The van der Waals surface area contributed by atoms with Gasteiger partial charge in [0.15, 0.2) is 0 Å². The predicted octanol–water partition coefficient (Wildman–Crippen LogP) is 7.45. The molecular formula is C31H36P+. The molecule has 0 aromatic heterocycles. The molecule has 164 valence electrons. The van der Waals surface area contributed by atoms with Crippen LogP contribution in [0.2, 0.25) is 0 Å². The summed E-state index contributed by atoms with van der Waals surface area (Å²) in [7, 11) is -1.88. The van der Waals surface area contributed by atoms with Gasteiger partial charge in [-0.05, 0) is 86.6 Å². The Bertz CT molecular complexity index is 978. The molecule has 4 rings (SSSR count). The van der Waals surface area contributed by atoms with Gasteiger partial charge in [0, 0.05) is 0 Å². The Kier molecular flexibility index (Phi) is 6.82. The highest BCUT2D eigenvalue weighted by molar-refractivity contribution is 7.96. The molecule has 0 fully saturated rings. The molecule has 3 aromatic rings. The zero-order valence-corrected chi connectivity index (χ0v) is 20.9. The first-order valence-electron chi connectivity index (χ1n) is 11.9. The van der Waals surface area contributed by atoms with Gasteiger partial charge in [-0.2, -0.15) is 0 Å². The van der Waals surface area contributed by atoms with Crippen molar-refractivity contribution in [1.82, 2.24) is 0 Å². The van der Waals surface area contributed by atoms with Crippen molar-refractivity contribution in [3.05, 3.63) is 114 Å². The van der Waals surface area contributed by atoms with Crippen LogP contribution < -0.4 is 15.9 Å². The lowest BCUT2D eigenvalue weighted by atomic mass is 9.72. The highest BCUT2D eigenvalue weighted by Crippen LogP contribution is 2.60. The standard InChI is InChI=1S/C31H36P/c1-25-15-14-24-31(3,4)30(25)23-22-26(2)32(27-16-8-5-9-17-27,28-18-10-6-11-19-28)29-20-12-7-13-21-29/h5-13,16-23,26H,14-15,24H2,1-4H3/q+1/b23-22+. The summed E-state index contributed by atoms with van der Waals surface area (Å²) in [5, 5.41) is 4.34. The molecule has 1 heteroatoms. The van der Waals surface area contributed by atoms with Gasteiger partial charge < -0.3 is 0 Å². The third kappa shape index (κ3) is 4.26. The predicted molar refractivity (Wildman–Crippen MR) is 144 cm³/mol. The van der Waals surface area contributed by atoms with E-state index >= 15 is 0 Å². The molecule has 1 atom stereocenters. The minimum absolute atomic E-state index is 0.256. The molecule has 1 aliphatic carbocycles. The number of benzene rings is 3. The zero-order chi connectivity index (χ0) is 22.6. The van der Waals surface area contributed by atoms with Crippen molar-refractivity contribution in [3.63, 3.8) is 0 Å². The van der Waals surface area contributed by atoms with Gasteiger partial charge in [0.25, 0.3) is 0 Å². The van der Waals surface area contributed by atoms with Crippen molar-refractivity contribution in [2.45, 2.75) is 52.6 Å². The van der Waals surface area contributed by atoms with E-state index < -0.39 is 7.26 Å². The van der Waals surface area contributed by atoms with E-state index in [-0.39, 0.29) is 5.41 Å². The number of allylic oxidation sites excluding steroid dienone is 4. The van der Waals surface area contributed by atoms with Gasteiger partial charge >= 0.3 is 0 Å². The molecule has 0 bridgehead atoms. The van der Waals surface area contributed by atoms with E-state index in [4.69, 9.17) is 0 Å². The Labute approximate surface area is 195 Å².